The van der Waals surface area contributed by atoms with Crippen LogP contribution in [0.15, 0.2) is 11.6 Å². The van der Waals surface area contributed by atoms with E-state index in [1.54, 1.807) is 13.8 Å². The molecule has 13 heteroatoms. The molecule has 4 fully saturated rings. The molecule has 0 radical (unpaired) electrons. The van der Waals surface area contributed by atoms with E-state index in [0.717, 1.165) is 5.57 Å². The summed E-state index contributed by atoms with van der Waals surface area (Å²) in [5.41, 5.74) is -5.51. The van der Waals surface area contributed by atoms with E-state index in [9.17, 15) is 50.1 Å². The minimum absolute atomic E-state index is 0.00565. The zero-order chi connectivity index (χ0) is 38.4. The molecule has 0 unspecified atom stereocenters. The second-order valence-corrected chi connectivity index (χ2v) is 18.2. The number of aliphatic hydroxyl groups is 7. The Morgan fingerprint density at radius 3 is 2.18 bits per heavy atom. The summed E-state index contributed by atoms with van der Waals surface area (Å²) < 4.78 is 17.1. The number of hydrogen-bond donors (Lipinski definition) is 7. The van der Waals surface area contributed by atoms with Crippen LogP contribution in [0.3, 0.4) is 0 Å². The van der Waals surface area contributed by atoms with Gasteiger partial charge < -0.3 is 50.0 Å². The lowest BCUT2D eigenvalue weighted by atomic mass is 9.38. The van der Waals surface area contributed by atoms with Gasteiger partial charge in [0.25, 0.3) is 0 Å². The van der Waals surface area contributed by atoms with Gasteiger partial charge in [0.05, 0.1) is 24.9 Å². The molecule has 4 aliphatic carbocycles. The molecule has 15 atom stereocenters. The second-order valence-electron chi connectivity index (χ2n) is 18.2. The fourth-order valence-corrected chi connectivity index (χ4v) is 11.4. The van der Waals surface area contributed by atoms with E-state index < -0.39 is 112 Å². The van der Waals surface area contributed by atoms with Crippen molar-refractivity contribution in [2.24, 2.45) is 39.4 Å². The number of hydrogen-bond acceptors (Lipinski definition) is 13. The van der Waals surface area contributed by atoms with Crippen LogP contribution in [0, 0.1) is 39.4 Å². The molecule has 7 N–H and O–H groups in total. The summed E-state index contributed by atoms with van der Waals surface area (Å²) in [5.74, 6) is -2.70. The number of fused-ring (bicyclic) bond motifs is 5. The minimum Gasteiger partial charge on any atom is -0.460 e. The van der Waals surface area contributed by atoms with Crippen LogP contribution in [0.1, 0.15) is 101 Å². The van der Waals surface area contributed by atoms with Gasteiger partial charge in [-0.3, -0.25) is 14.4 Å². The first-order valence-electron chi connectivity index (χ1n) is 18.3. The average Bonchev–Trinajstić information content (AvgIpc) is 3.22. The highest BCUT2D eigenvalue weighted by Crippen LogP contribution is 2.74. The van der Waals surface area contributed by atoms with Crippen LogP contribution < -0.4 is 0 Å². The van der Waals surface area contributed by atoms with Crippen molar-refractivity contribution in [2.45, 2.75) is 161 Å². The molecule has 0 amide bonds. The molecule has 0 spiro atoms. The molecule has 0 bridgehead atoms. The highest BCUT2D eigenvalue weighted by molar-refractivity contribution is 5.90. The Morgan fingerprint density at radius 2 is 1.59 bits per heavy atom. The number of carbonyl (C=O) groups is 3. The average molecular weight is 725 g/mol. The Balaban J connectivity index is 1.44. The smallest absolute Gasteiger partial charge is 0.303 e. The van der Waals surface area contributed by atoms with Gasteiger partial charge in [-0.25, -0.2) is 0 Å². The summed E-state index contributed by atoms with van der Waals surface area (Å²) in [6.07, 6.45) is -7.59. The van der Waals surface area contributed by atoms with Crippen molar-refractivity contribution in [3.63, 3.8) is 0 Å². The number of allylic oxidation sites excluding steroid dienone is 1. The molecule has 1 aliphatic heterocycles. The van der Waals surface area contributed by atoms with Crippen LogP contribution in [0.5, 0.6) is 0 Å². The summed E-state index contributed by atoms with van der Waals surface area (Å²) in [6, 6.07) is 0. The van der Waals surface area contributed by atoms with Crippen molar-refractivity contribution in [3.05, 3.63) is 11.6 Å². The Bertz CT molecular complexity index is 1420. The maximum Gasteiger partial charge on any atom is 0.303 e. The second kappa shape index (κ2) is 13.2. The van der Waals surface area contributed by atoms with Crippen LogP contribution in [-0.2, 0) is 28.6 Å². The molecule has 5 rings (SSSR count). The summed E-state index contributed by atoms with van der Waals surface area (Å²) in [7, 11) is 0. The Morgan fingerprint density at radius 1 is 0.961 bits per heavy atom. The largest absolute Gasteiger partial charge is 0.460 e. The van der Waals surface area contributed by atoms with Crippen LogP contribution in [0.25, 0.3) is 0 Å². The van der Waals surface area contributed by atoms with Crippen molar-refractivity contribution in [3.8, 4) is 0 Å². The molecule has 1 saturated heterocycles. The van der Waals surface area contributed by atoms with Gasteiger partial charge >= 0.3 is 5.97 Å². The van der Waals surface area contributed by atoms with Gasteiger partial charge in [-0.2, -0.15) is 0 Å². The first-order chi connectivity index (χ1) is 23.3. The predicted molar refractivity (Wildman–Crippen MR) is 181 cm³/mol. The number of ketones is 2. The van der Waals surface area contributed by atoms with Gasteiger partial charge in [0.2, 0.25) is 0 Å². The number of carbonyl (C=O) groups excluding carboxylic acids is 3. The lowest BCUT2D eigenvalue weighted by Crippen LogP contribution is -2.66. The summed E-state index contributed by atoms with van der Waals surface area (Å²) in [4.78, 5) is 40.0. The Labute approximate surface area is 300 Å². The normalized spacial score (nSPS) is 46.2. The maximum atomic E-state index is 14.7. The highest BCUT2D eigenvalue weighted by atomic mass is 16.7. The number of aliphatic hydroxyl groups excluding tert-OH is 6. The number of ether oxygens (including phenoxy) is 3. The van der Waals surface area contributed by atoms with Crippen molar-refractivity contribution >= 4 is 17.5 Å². The fraction of sp³-hybridized carbons (Fsp3) is 0.868. The van der Waals surface area contributed by atoms with Crippen molar-refractivity contribution in [1.82, 2.24) is 0 Å². The SMILES string of the molecule is CC(=O)OC(C)(C)CCC(=O)[C@](C)(O)[C@@H]1[C@H](O)C[C@@]2(C)[C@@H]3CC=C4[C@@H](C[C@H](O)[C@@H](O[C@@H]5O[C@H](CO)[C@@H](O)[C@H](O)[C@H]5O)C4(C)C)[C@]3(C)C(=O)C[C@]12C. The van der Waals surface area contributed by atoms with E-state index in [4.69, 9.17) is 14.2 Å². The van der Waals surface area contributed by atoms with Crippen LogP contribution in [0.2, 0.25) is 0 Å². The molecule has 0 aromatic heterocycles. The molecule has 3 saturated carbocycles. The predicted octanol–water partition coefficient (Wildman–Crippen LogP) is 1.34. The lowest BCUT2D eigenvalue weighted by Gasteiger charge is -2.65. The van der Waals surface area contributed by atoms with E-state index in [1.165, 1.54) is 13.8 Å². The Hall–Kier alpha value is -1.81. The van der Waals surface area contributed by atoms with Crippen molar-refractivity contribution in [2.75, 3.05) is 6.61 Å². The lowest BCUT2D eigenvalue weighted by molar-refractivity contribution is -0.327. The zero-order valence-electron chi connectivity index (χ0n) is 31.5. The third-order valence-electron chi connectivity index (χ3n) is 14.3. The maximum absolute atomic E-state index is 14.7. The first-order valence-corrected chi connectivity index (χ1v) is 18.3. The number of rotatable bonds is 9. The highest BCUT2D eigenvalue weighted by Gasteiger charge is 2.74. The van der Waals surface area contributed by atoms with Gasteiger partial charge in [-0.1, -0.05) is 46.3 Å². The molecular weight excluding hydrogens is 664 g/mol. The quantitative estimate of drug-likeness (QED) is 0.132. The molecular formula is C38H60O13. The topological polar surface area (TPSA) is 221 Å². The first kappa shape index (κ1) is 40.4. The van der Waals surface area contributed by atoms with E-state index >= 15 is 0 Å². The summed E-state index contributed by atoms with van der Waals surface area (Å²) >= 11 is 0. The van der Waals surface area contributed by atoms with E-state index in [1.807, 2.05) is 34.6 Å². The van der Waals surface area contributed by atoms with Crippen molar-refractivity contribution < 1.29 is 64.3 Å². The van der Waals surface area contributed by atoms with Crippen LogP contribution in [-0.4, -0.2) is 120 Å². The number of Topliss-reactive ketones (excluding diaryl/α,β-unsaturated/α-hetero) is 2. The van der Waals surface area contributed by atoms with Crippen LogP contribution >= 0.6 is 0 Å². The minimum atomic E-state index is -1.97. The van der Waals surface area contributed by atoms with Gasteiger partial charge in [0.15, 0.2) is 12.1 Å². The molecule has 5 aliphatic rings. The van der Waals surface area contributed by atoms with Gasteiger partial charge in [0, 0.05) is 36.5 Å². The van der Waals surface area contributed by atoms with Gasteiger partial charge in [-0.05, 0) is 69.1 Å². The monoisotopic (exact) mass is 724 g/mol. The van der Waals surface area contributed by atoms with Gasteiger partial charge in [-0.15, -0.1) is 0 Å². The fourth-order valence-electron chi connectivity index (χ4n) is 11.4. The van der Waals surface area contributed by atoms with Crippen LogP contribution in [0.4, 0.5) is 0 Å². The summed E-state index contributed by atoms with van der Waals surface area (Å²) in [6.45, 7) is 15.1. The standard InChI is InChI=1S/C38H60O13/c1-18(40)51-33(2,3)13-12-25(43)38(9,48)30-22(42)15-35(6)24-11-10-19-20(37(24,8)26(44)16-36(30,35)7)14-21(41)31(34(19,4)5)50-32-29(47)28(46)27(45)23(17-39)49-32/h10,20-24,27-32,39,41-42,45-48H,11-17H2,1-9H3/t20-,21+,22-,23-,24+,27-,28+,29-,30-,31-,32+,35+,36-,37+,38+/m1/s1. The molecule has 0 aromatic carbocycles. The molecule has 13 nitrogen and oxygen atoms in total. The van der Waals surface area contributed by atoms with E-state index in [2.05, 4.69) is 6.08 Å². The molecule has 51 heavy (non-hydrogen) atoms. The molecule has 290 valence electrons. The summed E-state index contributed by atoms with van der Waals surface area (Å²) in [5, 5.41) is 76.3. The Kier molecular flexibility index (Phi) is 10.4. The third-order valence-corrected chi connectivity index (χ3v) is 14.3. The third kappa shape index (κ3) is 6.16. The van der Waals surface area contributed by atoms with Gasteiger partial charge in [0.1, 0.15) is 41.4 Å². The zero-order valence-corrected chi connectivity index (χ0v) is 31.5. The van der Waals surface area contributed by atoms with E-state index in [0.29, 0.717) is 6.42 Å². The van der Waals surface area contributed by atoms with E-state index in [-0.39, 0.29) is 43.8 Å². The number of esters is 1. The molecule has 1 heterocycles. The molecule has 0 aromatic rings. The van der Waals surface area contributed by atoms with Crippen molar-refractivity contribution in [1.29, 1.82) is 0 Å².